The van der Waals surface area contributed by atoms with Gasteiger partial charge in [0, 0.05) is 25.7 Å². The highest BCUT2D eigenvalue weighted by Crippen LogP contribution is 2.16. The normalized spacial score (nSPS) is 24.3. The molecule has 1 fully saturated rings. The van der Waals surface area contributed by atoms with Crippen molar-refractivity contribution < 1.29 is 5.11 Å². The summed E-state index contributed by atoms with van der Waals surface area (Å²) < 4.78 is 0. The van der Waals surface area contributed by atoms with Crippen LogP contribution in [-0.4, -0.2) is 60.8 Å². The Morgan fingerprint density at radius 3 is 3.00 bits per heavy atom. The second-order valence-corrected chi connectivity index (χ2v) is 6.24. The van der Waals surface area contributed by atoms with E-state index >= 15 is 0 Å². The molecule has 3 nitrogen and oxygen atoms in total. The van der Waals surface area contributed by atoms with Crippen molar-refractivity contribution in [1.29, 1.82) is 0 Å². The van der Waals surface area contributed by atoms with E-state index < -0.39 is 0 Å². The number of piperazine rings is 1. The molecule has 0 aliphatic carbocycles. The van der Waals surface area contributed by atoms with Gasteiger partial charge in [-0.15, -0.1) is 0 Å². The van der Waals surface area contributed by atoms with Gasteiger partial charge in [0.1, 0.15) is 0 Å². The van der Waals surface area contributed by atoms with E-state index in [-0.39, 0.29) is 6.10 Å². The van der Waals surface area contributed by atoms with Crippen molar-refractivity contribution in [3.63, 3.8) is 0 Å². The van der Waals surface area contributed by atoms with Crippen LogP contribution in [0, 0.1) is 0 Å². The van der Waals surface area contributed by atoms with Gasteiger partial charge in [-0.3, -0.25) is 0 Å². The predicted molar refractivity (Wildman–Crippen MR) is 77.2 cm³/mol. The molecule has 1 aromatic heterocycles. The molecule has 1 aromatic rings. The van der Waals surface area contributed by atoms with Crippen LogP contribution in [0.25, 0.3) is 0 Å². The topological polar surface area (TPSA) is 26.7 Å². The molecule has 2 rings (SSSR count). The van der Waals surface area contributed by atoms with E-state index in [1.807, 2.05) is 0 Å². The SMILES string of the molecule is CN1CCN(C)C(CC(O)CCc2ccsc2)C1. The Labute approximate surface area is 114 Å². The molecule has 0 spiro atoms. The summed E-state index contributed by atoms with van der Waals surface area (Å²) in [7, 11) is 4.33. The second-order valence-electron chi connectivity index (χ2n) is 5.46. The first-order valence-corrected chi connectivity index (χ1v) is 7.67. The number of aryl methyl sites for hydroxylation is 1. The van der Waals surface area contributed by atoms with Gasteiger partial charge in [0.2, 0.25) is 0 Å². The standard InChI is InChI=1S/C14H24N2OS/c1-15-6-7-16(2)13(10-15)9-14(17)4-3-12-5-8-18-11-12/h5,8,11,13-14,17H,3-4,6-7,9-10H2,1-2H3. The van der Waals surface area contributed by atoms with Crippen LogP contribution in [-0.2, 0) is 6.42 Å². The summed E-state index contributed by atoms with van der Waals surface area (Å²) in [5.41, 5.74) is 1.35. The monoisotopic (exact) mass is 268 g/mol. The lowest BCUT2D eigenvalue weighted by Gasteiger charge is -2.38. The van der Waals surface area contributed by atoms with Gasteiger partial charge >= 0.3 is 0 Å². The first-order valence-electron chi connectivity index (χ1n) is 6.73. The number of nitrogens with zero attached hydrogens (tertiary/aromatic N) is 2. The van der Waals surface area contributed by atoms with Crippen molar-refractivity contribution in [3.8, 4) is 0 Å². The third-order valence-corrected chi connectivity index (χ3v) is 4.60. The Bertz CT molecular complexity index is 342. The molecular formula is C14H24N2OS. The third-order valence-electron chi connectivity index (χ3n) is 3.87. The van der Waals surface area contributed by atoms with Crippen LogP contribution < -0.4 is 0 Å². The van der Waals surface area contributed by atoms with Crippen LogP contribution in [0.15, 0.2) is 16.8 Å². The van der Waals surface area contributed by atoms with Gasteiger partial charge in [-0.25, -0.2) is 0 Å². The summed E-state index contributed by atoms with van der Waals surface area (Å²) in [6.45, 7) is 3.32. The highest BCUT2D eigenvalue weighted by molar-refractivity contribution is 7.07. The number of rotatable bonds is 5. The van der Waals surface area contributed by atoms with Crippen molar-refractivity contribution in [1.82, 2.24) is 9.80 Å². The van der Waals surface area contributed by atoms with Gasteiger partial charge in [0.15, 0.2) is 0 Å². The minimum absolute atomic E-state index is 0.177. The summed E-state index contributed by atoms with van der Waals surface area (Å²) in [4.78, 5) is 4.74. The molecule has 0 radical (unpaired) electrons. The average Bonchev–Trinajstić information content (AvgIpc) is 2.84. The van der Waals surface area contributed by atoms with E-state index in [1.54, 1.807) is 11.3 Å². The summed E-state index contributed by atoms with van der Waals surface area (Å²) in [5, 5.41) is 14.4. The summed E-state index contributed by atoms with van der Waals surface area (Å²) in [6, 6.07) is 2.65. The van der Waals surface area contributed by atoms with Gasteiger partial charge in [-0.05, 0) is 55.7 Å². The van der Waals surface area contributed by atoms with Crippen molar-refractivity contribution in [2.75, 3.05) is 33.7 Å². The van der Waals surface area contributed by atoms with Crippen LogP contribution >= 0.6 is 11.3 Å². The highest BCUT2D eigenvalue weighted by atomic mass is 32.1. The van der Waals surface area contributed by atoms with Crippen molar-refractivity contribution in [2.24, 2.45) is 0 Å². The molecule has 102 valence electrons. The second kappa shape index (κ2) is 6.66. The highest BCUT2D eigenvalue weighted by Gasteiger charge is 2.24. The number of thiophene rings is 1. The number of aliphatic hydroxyl groups excluding tert-OH is 1. The predicted octanol–water partition coefficient (Wildman–Crippen LogP) is 1.68. The fraction of sp³-hybridized carbons (Fsp3) is 0.714. The van der Waals surface area contributed by atoms with Crippen molar-refractivity contribution in [3.05, 3.63) is 22.4 Å². The van der Waals surface area contributed by atoms with Crippen LogP contribution in [0.3, 0.4) is 0 Å². The molecule has 18 heavy (non-hydrogen) atoms. The number of likely N-dealkylation sites (N-methyl/N-ethyl adjacent to an activating group) is 2. The zero-order valence-corrected chi connectivity index (χ0v) is 12.2. The molecule has 0 amide bonds. The Hall–Kier alpha value is -0.420. The molecule has 4 heteroatoms. The number of hydrogen-bond donors (Lipinski definition) is 1. The van der Waals surface area contributed by atoms with E-state index in [0.29, 0.717) is 6.04 Å². The Morgan fingerprint density at radius 2 is 2.28 bits per heavy atom. The quantitative estimate of drug-likeness (QED) is 0.880. The van der Waals surface area contributed by atoms with Gasteiger partial charge in [-0.2, -0.15) is 11.3 Å². The van der Waals surface area contributed by atoms with Crippen LogP contribution in [0.5, 0.6) is 0 Å². The lowest BCUT2D eigenvalue weighted by molar-refractivity contribution is 0.0606. The third kappa shape index (κ3) is 4.05. The largest absolute Gasteiger partial charge is 0.393 e. The van der Waals surface area contributed by atoms with Gasteiger partial charge in [0.05, 0.1) is 6.10 Å². The lowest BCUT2D eigenvalue weighted by Crippen LogP contribution is -2.51. The first-order chi connectivity index (χ1) is 8.65. The molecule has 2 atom stereocenters. The summed E-state index contributed by atoms with van der Waals surface area (Å²) in [5.74, 6) is 0. The Kier molecular flexibility index (Phi) is 5.18. The summed E-state index contributed by atoms with van der Waals surface area (Å²) >= 11 is 1.73. The molecule has 1 N–H and O–H groups in total. The maximum atomic E-state index is 10.2. The van der Waals surface area contributed by atoms with Crippen molar-refractivity contribution in [2.45, 2.75) is 31.4 Å². The van der Waals surface area contributed by atoms with Gasteiger partial charge < -0.3 is 14.9 Å². The molecule has 1 saturated heterocycles. The number of hydrogen-bond acceptors (Lipinski definition) is 4. The lowest BCUT2D eigenvalue weighted by atomic mass is 10.0. The van der Waals surface area contributed by atoms with Gasteiger partial charge in [-0.1, -0.05) is 0 Å². The molecule has 0 saturated carbocycles. The maximum absolute atomic E-state index is 10.2. The van der Waals surface area contributed by atoms with E-state index in [9.17, 15) is 5.11 Å². The average molecular weight is 268 g/mol. The number of aliphatic hydroxyl groups is 1. The van der Waals surface area contributed by atoms with E-state index in [4.69, 9.17) is 0 Å². The Morgan fingerprint density at radius 1 is 1.44 bits per heavy atom. The smallest absolute Gasteiger partial charge is 0.0558 e. The van der Waals surface area contributed by atoms with Crippen LogP contribution in [0.4, 0.5) is 0 Å². The van der Waals surface area contributed by atoms with Crippen LogP contribution in [0.1, 0.15) is 18.4 Å². The van der Waals surface area contributed by atoms with Crippen molar-refractivity contribution >= 4 is 11.3 Å². The molecular weight excluding hydrogens is 244 g/mol. The molecule has 0 aromatic carbocycles. The maximum Gasteiger partial charge on any atom is 0.0558 e. The molecule has 2 heterocycles. The molecule has 0 bridgehead atoms. The Balaban J connectivity index is 1.74. The zero-order valence-electron chi connectivity index (χ0n) is 11.4. The molecule has 2 unspecified atom stereocenters. The summed E-state index contributed by atoms with van der Waals surface area (Å²) in [6.07, 6.45) is 2.59. The molecule has 1 aliphatic heterocycles. The fourth-order valence-corrected chi connectivity index (χ4v) is 3.26. The first kappa shape index (κ1) is 14.0. The zero-order chi connectivity index (χ0) is 13.0. The van der Waals surface area contributed by atoms with Gasteiger partial charge in [0.25, 0.3) is 0 Å². The van der Waals surface area contributed by atoms with Crippen LogP contribution in [0.2, 0.25) is 0 Å². The minimum atomic E-state index is -0.177. The molecule has 1 aliphatic rings. The van der Waals surface area contributed by atoms with E-state index in [2.05, 4.69) is 40.7 Å². The van der Waals surface area contributed by atoms with E-state index in [1.165, 1.54) is 5.56 Å². The minimum Gasteiger partial charge on any atom is -0.393 e. The fourth-order valence-electron chi connectivity index (χ4n) is 2.56. The van der Waals surface area contributed by atoms with E-state index in [0.717, 1.165) is 38.9 Å².